The number of rotatable bonds is 3. The van der Waals surface area contributed by atoms with Crippen LogP contribution in [0.4, 0.5) is 5.69 Å². The molecule has 1 amide bonds. The van der Waals surface area contributed by atoms with Crippen LogP contribution in [0, 0.1) is 0 Å². The molecule has 0 spiro atoms. The van der Waals surface area contributed by atoms with Crippen molar-refractivity contribution >= 4 is 32.3 Å². The summed E-state index contributed by atoms with van der Waals surface area (Å²) in [6, 6.07) is 8.90. The first-order chi connectivity index (χ1) is 10.4. The Balaban J connectivity index is 1.70. The number of fused-ring (bicyclic) bond motifs is 1. The van der Waals surface area contributed by atoms with Crippen LogP contribution in [0.15, 0.2) is 30.3 Å². The van der Waals surface area contributed by atoms with Crippen LogP contribution in [0.25, 0.3) is 10.9 Å². The van der Waals surface area contributed by atoms with Crippen LogP contribution in [-0.2, 0) is 21.1 Å². The minimum atomic E-state index is -3.00. The molecule has 0 bridgehead atoms. The van der Waals surface area contributed by atoms with Gasteiger partial charge in [-0.15, -0.1) is 0 Å². The van der Waals surface area contributed by atoms with Gasteiger partial charge >= 0.3 is 0 Å². The van der Waals surface area contributed by atoms with Gasteiger partial charge in [0.05, 0.1) is 34.8 Å². The fourth-order valence-electron chi connectivity index (χ4n) is 2.66. The van der Waals surface area contributed by atoms with Crippen molar-refractivity contribution in [3.8, 4) is 0 Å². The van der Waals surface area contributed by atoms with Crippen molar-refractivity contribution in [3.63, 3.8) is 0 Å². The molecule has 1 aromatic heterocycles. The van der Waals surface area contributed by atoms with Gasteiger partial charge in [-0.25, -0.2) is 8.42 Å². The van der Waals surface area contributed by atoms with Crippen molar-refractivity contribution in [2.45, 2.75) is 18.9 Å². The summed E-state index contributed by atoms with van der Waals surface area (Å²) in [6.45, 7) is 0. The second-order valence-electron chi connectivity index (χ2n) is 5.57. The molecule has 1 unspecified atom stereocenters. The van der Waals surface area contributed by atoms with E-state index in [9.17, 15) is 13.2 Å². The topological polar surface area (TPSA) is 102 Å². The smallest absolute Gasteiger partial charge is 0.226 e. The fourth-order valence-corrected chi connectivity index (χ4v) is 4.33. The third-order valence-corrected chi connectivity index (χ3v) is 5.52. The van der Waals surface area contributed by atoms with Crippen LogP contribution >= 0.6 is 0 Å². The molecule has 7 heteroatoms. The largest absolute Gasteiger partial charge is 0.397 e. The highest BCUT2D eigenvalue weighted by Gasteiger charge is 2.28. The van der Waals surface area contributed by atoms with Crippen LogP contribution in [0.5, 0.6) is 0 Å². The number of nitrogen functional groups attached to an aromatic ring is 1. The predicted octanol–water partition coefficient (Wildman–Crippen LogP) is 0.663. The molecule has 3 rings (SSSR count). The van der Waals surface area contributed by atoms with Gasteiger partial charge in [-0.2, -0.15) is 0 Å². The number of benzene rings is 1. The third kappa shape index (κ3) is 3.19. The maximum absolute atomic E-state index is 12.0. The highest BCUT2D eigenvalue weighted by Crippen LogP contribution is 2.19. The molecule has 2 aromatic rings. The molecule has 1 aliphatic rings. The van der Waals surface area contributed by atoms with Gasteiger partial charge in [0.15, 0.2) is 9.84 Å². The number of nitrogens with one attached hydrogen (secondary N) is 1. The van der Waals surface area contributed by atoms with Crippen molar-refractivity contribution in [3.05, 3.63) is 36.0 Å². The molecular formula is C15H17N3O3S. The predicted molar refractivity (Wildman–Crippen MR) is 85.1 cm³/mol. The van der Waals surface area contributed by atoms with Gasteiger partial charge in [0.1, 0.15) is 0 Å². The number of hydrogen-bond acceptors (Lipinski definition) is 5. The zero-order chi connectivity index (χ0) is 15.7. The Morgan fingerprint density at radius 1 is 1.32 bits per heavy atom. The Hall–Kier alpha value is -2.15. The number of nitrogens with two attached hydrogens (primary N) is 1. The molecule has 0 saturated carbocycles. The lowest BCUT2D eigenvalue weighted by Gasteiger charge is -2.11. The monoisotopic (exact) mass is 319 g/mol. The number of nitrogens with zero attached hydrogens (tertiary/aromatic N) is 1. The Morgan fingerprint density at radius 3 is 2.86 bits per heavy atom. The fraction of sp³-hybridized carbons (Fsp3) is 0.333. The Morgan fingerprint density at radius 2 is 2.14 bits per heavy atom. The second kappa shape index (κ2) is 5.57. The Labute approximate surface area is 128 Å². The van der Waals surface area contributed by atoms with Crippen molar-refractivity contribution in [2.24, 2.45) is 0 Å². The SMILES string of the molecule is Nc1cccc2ccc(CC(=O)NC3CCS(=O)(=O)C3)nc12. The zero-order valence-corrected chi connectivity index (χ0v) is 12.8. The average Bonchev–Trinajstić information content (AvgIpc) is 2.78. The average molecular weight is 319 g/mol. The molecule has 6 nitrogen and oxygen atoms in total. The zero-order valence-electron chi connectivity index (χ0n) is 12.0. The maximum Gasteiger partial charge on any atom is 0.226 e. The lowest BCUT2D eigenvalue weighted by Crippen LogP contribution is -2.36. The first-order valence-corrected chi connectivity index (χ1v) is 8.89. The van der Waals surface area contributed by atoms with Gasteiger partial charge in [-0.3, -0.25) is 9.78 Å². The van der Waals surface area contributed by atoms with Crippen LogP contribution < -0.4 is 11.1 Å². The Kier molecular flexibility index (Phi) is 3.74. The normalized spacial score (nSPS) is 20.1. The van der Waals surface area contributed by atoms with Crippen molar-refractivity contribution in [1.29, 1.82) is 0 Å². The quantitative estimate of drug-likeness (QED) is 0.809. The number of anilines is 1. The van der Waals surface area contributed by atoms with Gasteiger partial charge < -0.3 is 11.1 Å². The van der Waals surface area contributed by atoms with Crippen LogP contribution in [0.1, 0.15) is 12.1 Å². The van der Waals surface area contributed by atoms with Crippen molar-refractivity contribution in [1.82, 2.24) is 10.3 Å². The summed E-state index contributed by atoms with van der Waals surface area (Å²) in [5, 5.41) is 3.68. The van der Waals surface area contributed by atoms with E-state index in [1.54, 1.807) is 12.1 Å². The number of para-hydroxylation sites is 1. The van der Waals surface area contributed by atoms with Gasteiger partial charge in [-0.05, 0) is 18.6 Å². The third-order valence-electron chi connectivity index (χ3n) is 3.75. The molecule has 3 N–H and O–H groups in total. The summed E-state index contributed by atoms with van der Waals surface area (Å²) < 4.78 is 22.8. The molecule has 0 aliphatic carbocycles. The standard InChI is InChI=1S/C15H17N3O3S/c16-13-3-1-2-10-4-5-11(18-15(10)13)8-14(19)17-12-6-7-22(20,21)9-12/h1-5,12H,6-9,16H2,(H,17,19). The maximum atomic E-state index is 12.0. The van der Waals surface area contributed by atoms with E-state index < -0.39 is 9.84 Å². The number of pyridine rings is 1. The molecule has 1 aromatic carbocycles. The summed E-state index contributed by atoms with van der Waals surface area (Å²) >= 11 is 0. The summed E-state index contributed by atoms with van der Waals surface area (Å²) in [5.74, 6) is -0.0528. The highest BCUT2D eigenvalue weighted by atomic mass is 32.2. The van der Waals surface area contributed by atoms with Crippen LogP contribution in [0.3, 0.4) is 0 Å². The van der Waals surface area contributed by atoms with E-state index in [1.165, 1.54) is 0 Å². The van der Waals surface area contributed by atoms with E-state index in [1.807, 2.05) is 18.2 Å². The lowest BCUT2D eigenvalue weighted by molar-refractivity contribution is -0.121. The molecule has 1 fully saturated rings. The summed E-state index contributed by atoms with van der Waals surface area (Å²) in [7, 11) is -3.00. The Bertz CT molecular complexity index is 833. The number of carbonyl (C=O) groups excluding carboxylic acids is 1. The van der Waals surface area contributed by atoms with Gasteiger partial charge in [-0.1, -0.05) is 18.2 Å². The first kappa shape index (κ1) is 14.8. The molecule has 1 aliphatic heterocycles. The number of sulfone groups is 1. The molecule has 0 radical (unpaired) electrons. The number of amides is 1. The van der Waals surface area contributed by atoms with Gasteiger partial charge in [0, 0.05) is 11.4 Å². The minimum absolute atomic E-state index is 0.0246. The van der Waals surface area contributed by atoms with Crippen molar-refractivity contribution < 1.29 is 13.2 Å². The molecule has 22 heavy (non-hydrogen) atoms. The van der Waals surface area contributed by atoms with E-state index in [0.717, 1.165) is 5.39 Å². The van der Waals surface area contributed by atoms with Crippen molar-refractivity contribution in [2.75, 3.05) is 17.2 Å². The lowest BCUT2D eigenvalue weighted by atomic mass is 10.1. The van der Waals surface area contributed by atoms with Crippen LogP contribution in [0.2, 0.25) is 0 Å². The molecule has 1 saturated heterocycles. The number of aromatic nitrogens is 1. The highest BCUT2D eigenvalue weighted by molar-refractivity contribution is 7.91. The van der Waals surface area contributed by atoms with Gasteiger partial charge in [0.2, 0.25) is 5.91 Å². The van der Waals surface area contributed by atoms with Crippen LogP contribution in [-0.4, -0.2) is 36.9 Å². The second-order valence-corrected chi connectivity index (χ2v) is 7.79. The molecule has 1 atom stereocenters. The number of hydrogen-bond donors (Lipinski definition) is 2. The first-order valence-electron chi connectivity index (χ1n) is 7.07. The van der Waals surface area contributed by atoms with Gasteiger partial charge in [0.25, 0.3) is 0 Å². The summed E-state index contributed by atoms with van der Waals surface area (Å²) in [5.41, 5.74) is 7.75. The minimum Gasteiger partial charge on any atom is -0.397 e. The van der Waals surface area contributed by atoms with E-state index in [2.05, 4.69) is 10.3 Å². The van der Waals surface area contributed by atoms with E-state index >= 15 is 0 Å². The van der Waals surface area contributed by atoms with E-state index in [0.29, 0.717) is 23.3 Å². The molecule has 116 valence electrons. The van der Waals surface area contributed by atoms with E-state index in [-0.39, 0.29) is 29.9 Å². The summed E-state index contributed by atoms with van der Waals surface area (Å²) in [4.78, 5) is 16.4. The summed E-state index contributed by atoms with van der Waals surface area (Å²) in [6.07, 6.45) is 0.590. The molecular weight excluding hydrogens is 302 g/mol. The number of carbonyl (C=O) groups is 1. The molecule has 2 heterocycles. The van der Waals surface area contributed by atoms with E-state index in [4.69, 9.17) is 5.73 Å².